The molecule has 2 nitrogen and oxygen atoms in total. The molecule has 0 atom stereocenters. The summed E-state index contributed by atoms with van der Waals surface area (Å²) < 4.78 is 5.50. The molecule has 1 aliphatic carbocycles. The Morgan fingerprint density at radius 2 is 1.70 bits per heavy atom. The third-order valence-corrected chi connectivity index (χ3v) is 4.84. The molecule has 1 aromatic carbocycles. The van der Waals surface area contributed by atoms with Gasteiger partial charge in [-0.1, -0.05) is 32.9 Å². The van der Waals surface area contributed by atoms with Gasteiger partial charge in [-0.15, -0.1) is 0 Å². The van der Waals surface area contributed by atoms with Crippen LogP contribution in [-0.2, 0) is 5.54 Å². The number of ether oxygens (including phenoxy) is 1. The SMILES string of the molecule is CCOc1ccc(C2(N)CCC(C(C)(C)C)CC2)cc1. The van der Waals surface area contributed by atoms with Gasteiger partial charge in [-0.3, -0.25) is 0 Å². The van der Waals surface area contributed by atoms with Gasteiger partial charge in [0.1, 0.15) is 5.75 Å². The van der Waals surface area contributed by atoms with Crippen molar-refractivity contribution in [2.45, 2.75) is 58.9 Å². The second-order valence-electron chi connectivity index (χ2n) is 7.25. The Kier molecular flexibility index (Phi) is 4.43. The molecule has 0 radical (unpaired) electrons. The van der Waals surface area contributed by atoms with Crippen molar-refractivity contribution in [2.24, 2.45) is 17.1 Å². The van der Waals surface area contributed by atoms with E-state index in [-0.39, 0.29) is 5.54 Å². The molecular weight excluding hydrogens is 246 g/mol. The lowest BCUT2D eigenvalue weighted by Crippen LogP contribution is -2.42. The van der Waals surface area contributed by atoms with Gasteiger partial charge in [0.15, 0.2) is 0 Å². The zero-order valence-electron chi connectivity index (χ0n) is 13.4. The predicted octanol–water partition coefficient (Wildman–Crippen LogP) is 4.48. The quantitative estimate of drug-likeness (QED) is 0.883. The third-order valence-electron chi connectivity index (χ3n) is 4.84. The summed E-state index contributed by atoms with van der Waals surface area (Å²) in [5.74, 6) is 1.73. The van der Waals surface area contributed by atoms with E-state index >= 15 is 0 Å². The standard InChI is InChI=1S/C18H29NO/c1-5-20-16-8-6-15(7-9-16)18(19)12-10-14(11-13-18)17(2,3)4/h6-9,14H,5,10-13,19H2,1-4H3. The number of benzene rings is 1. The summed E-state index contributed by atoms with van der Waals surface area (Å²) in [4.78, 5) is 0. The Morgan fingerprint density at radius 3 is 2.15 bits per heavy atom. The first-order valence-electron chi connectivity index (χ1n) is 7.87. The maximum atomic E-state index is 6.67. The Morgan fingerprint density at radius 1 is 1.15 bits per heavy atom. The molecule has 2 heteroatoms. The van der Waals surface area contributed by atoms with E-state index in [1.807, 2.05) is 19.1 Å². The van der Waals surface area contributed by atoms with E-state index in [4.69, 9.17) is 10.5 Å². The van der Waals surface area contributed by atoms with Crippen molar-refractivity contribution in [1.29, 1.82) is 0 Å². The molecule has 0 saturated heterocycles. The zero-order chi connectivity index (χ0) is 14.8. The van der Waals surface area contributed by atoms with Crippen molar-refractivity contribution >= 4 is 0 Å². The highest BCUT2D eigenvalue weighted by Crippen LogP contribution is 2.44. The first kappa shape index (κ1) is 15.4. The smallest absolute Gasteiger partial charge is 0.119 e. The van der Waals surface area contributed by atoms with Crippen molar-refractivity contribution in [1.82, 2.24) is 0 Å². The average molecular weight is 275 g/mol. The van der Waals surface area contributed by atoms with Gasteiger partial charge in [-0.2, -0.15) is 0 Å². The van der Waals surface area contributed by atoms with Crippen LogP contribution in [0.25, 0.3) is 0 Å². The highest BCUT2D eigenvalue weighted by atomic mass is 16.5. The lowest BCUT2D eigenvalue weighted by molar-refractivity contribution is 0.134. The molecule has 2 N–H and O–H groups in total. The van der Waals surface area contributed by atoms with Gasteiger partial charge in [0.05, 0.1) is 6.61 Å². The number of rotatable bonds is 3. The highest BCUT2D eigenvalue weighted by molar-refractivity contribution is 5.32. The fourth-order valence-corrected chi connectivity index (χ4v) is 3.34. The van der Waals surface area contributed by atoms with Crippen LogP contribution >= 0.6 is 0 Å². The summed E-state index contributed by atoms with van der Waals surface area (Å²) in [5.41, 5.74) is 8.18. The van der Waals surface area contributed by atoms with Gasteiger partial charge >= 0.3 is 0 Å². The van der Waals surface area contributed by atoms with Crippen molar-refractivity contribution < 1.29 is 4.74 Å². The monoisotopic (exact) mass is 275 g/mol. The number of hydrogen-bond acceptors (Lipinski definition) is 2. The van der Waals surface area contributed by atoms with Crippen LogP contribution in [-0.4, -0.2) is 6.61 Å². The third kappa shape index (κ3) is 3.35. The largest absolute Gasteiger partial charge is 0.494 e. The first-order valence-corrected chi connectivity index (χ1v) is 7.87. The topological polar surface area (TPSA) is 35.2 Å². The summed E-state index contributed by atoms with van der Waals surface area (Å²) in [6, 6.07) is 8.37. The lowest BCUT2D eigenvalue weighted by Gasteiger charge is -2.42. The van der Waals surface area contributed by atoms with Crippen LogP contribution in [0.4, 0.5) is 0 Å². The molecular formula is C18H29NO. The minimum absolute atomic E-state index is 0.146. The van der Waals surface area contributed by atoms with E-state index in [0.29, 0.717) is 12.0 Å². The molecule has 0 bridgehead atoms. The Bertz CT molecular complexity index is 422. The molecule has 0 aromatic heterocycles. The summed E-state index contributed by atoms with van der Waals surface area (Å²) in [6.07, 6.45) is 4.63. The first-order chi connectivity index (χ1) is 9.35. The maximum absolute atomic E-state index is 6.67. The molecule has 0 heterocycles. The van der Waals surface area contributed by atoms with Gasteiger partial charge in [0.2, 0.25) is 0 Å². The maximum Gasteiger partial charge on any atom is 0.119 e. The summed E-state index contributed by atoms with van der Waals surface area (Å²) in [7, 11) is 0. The van der Waals surface area contributed by atoms with Crippen LogP contribution in [0.1, 0.15) is 58.9 Å². The Hall–Kier alpha value is -1.02. The van der Waals surface area contributed by atoms with Crippen LogP contribution in [0, 0.1) is 11.3 Å². The Balaban J connectivity index is 2.05. The van der Waals surface area contributed by atoms with Crippen molar-refractivity contribution in [2.75, 3.05) is 6.61 Å². The van der Waals surface area contributed by atoms with E-state index in [1.165, 1.54) is 18.4 Å². The van der Waals surface area contributed by atoms with E-state index in [1.54, 1.807) is 0 Å². The molecule has 2 rings (SSSR count). The van der Waals surface area contributed by atoms with Crippen LogP contribution in [0.5, 0.6) is 5.75 Å². The molecule has 20 heavy (non-hydrogen) atoms. The second kappa shape index (κ2) is 5.77. The van der Waals surface area contributed by atoms with Gasteiger partial charge in [-0.25, -0.2) is 0 Å². The minimum Gasteiger partial charge on any atom is -0.494 e. The van der Waals surface area contributed by atoms with Gasteiger partial charge in [0, 0.05) is 5.54 Å². The van der Waals surface area contributed by atoms with E-state index in [9.17, 15) is 0 Å². The van der Waals surface area contributed by atoms with Gasteiger partial charge in [0.25, 0.3) is 0 Å². The summed E-state index contributed by atoms with van der Waals surface area (Å²) in [6.45, 7) is 9.75. The van der Waals surface area contributed by atoms with Crippen LogP contribution in [0.3, 0.4) is 0 Å². The summed E-state index contributed by atoms with van der Waals surface area (Å²) >= 11 is 0. The molecule has 0 spiro atoms. The van der Waals surface area contributed by atoms with Crippen LogP contribution in [0.15, 0.2) is 24.3 Å². The lowest BCUT2D eigenvalue weighted by atomic mass is 9.66. The summed E-state index contributed by atoms with van der Waals surface area (Å²) in [5, 5.41) is 0. The van der Waals surface area contributed by atoms with E-state index < -0.39 is 0 Å². The van der Waals surface area contributed by atoms with Crippen LogP contribution in [0.2, 0.25) is 0 Å². The minimum atomic E-state index is -0.146. The molecule has 1 aliphatic rings. The van der Waals surface area contributed by atoms with Crippen molar-refractivity contribution in [3.05, 3.63) is 29.8 Å². The van der Waals surface area contributed by atoms with Gasteiger partial charge in [-0.05, 0) is 61.6 Å². The molecule has 0 aliphatic heterocycles. The van der Waals surface area contributed by atoms with E-state index in [2.05, 4.69) is 32.9 Å². The highest BCUT2D eigenvalue weighted by Gasteiger charge is 2.37. The van der Waals surface area contributed by atoms with Gasteiger partial charge < -0.3 is 10.5 Å². The Labute approximate surface area is 123 Å². The van der Waals surface area contributed by atoms with Crippen molar-refractivity contribution in [3.63, 3.8) is 0 Å². The van der Waals surface area contributed by atoms with Crippen molar-refractivity contribution in [3.8, 4) is 5.75 Å². The van der Waals surface area contributed by atoms with Crippen LogP contribution < -0.4 is 10.5 Å². The molecule has 1 saturated carbocycles. The fourth-order valence-electron chi connectivity index (χ4n) is 3.34. The second-order valence-corrected chi connectivity index (χ2v) is 7.25. The molecule has 0 unspecified atom stereocenters. The number of hydrogen-bond donors (Lipinski definition) is 1. The fraction of sp³-hybridized carbons (Fsp3) is 0.667. The molecule has 1 aromatic rings. The zero-order valence-corrected chi connectivity index (χ0v) is 13.4. The van der Waals surface area contributed by atoms with E-state index in [0.717, 1.165) is 24.5 Å². The molecule has 1 fully saturated rings. The predicted molar refractivity (Wildman–Crippen MR) is 84.9 cm³/mol. The number of nitrogens with two attached hydrogens (primary N) is 1. The average Bonchev–Trinajstić information content (AvgIpc) is 2.39. The normalized spacial score (nSPS) is 27.4. The molecule has 112 valence electrons. The molecule has 0 amide bonds.